The standard InChI is InChI=1S/C20H29N3O4S/c1-13-5-4-6-17(14(13)2)21-20(28)23-22-18(24)11-9-15-7-8-16(27-15)10-12-19(25)26-3/h7-9,11,13-14,17H,4-6,10,12H2,1-3H3,(H,22,24)(H2,21,23,28)/b11-9+/t13-,14-,17-/m1/s1. The zero-order valence-corrected chi connectivity index (χ0v) is 17.4. The van der Waals surface area contributed by atoms with Crippen LogP contribution in [0.1, 0.15) is 51.1 Å². The first-order valence-electron chi connectivity index (χ1n) is 9.59. The molecule has 154 valence electrons. The molecular weight excluding hydrogens is 378 g/mol. The molecule has 1 aliphatic rings. The summed E-state index contributed by atoms with van der Waals surface area (Å²) in [7, 11) is 1.35. The van der Waals surface area contributed by atoms with Crippen LogP contribution >= 0.6 is 12.2 Å². The minimum absolute atomic E-state index is 0.250. The number of nitrogens with one attached hydrogen (secondary N) is 3. The molecule has 0 aliphatic heterocycles. The summed E-state index contributed by atoms with van der Waals surface area (Å²) < 4.78 is 10.1. The molecule has 7 nitrogen and oxygen atoms in total. The average molecular weight is 408 g/mol. The maximum absolute atomic E-state index is 11.9. The molecule has 2 rings (SSSR count). The van der Waals surface area contributed by atoms with Gasteiger partial charge in [0, 0.05) is 18.5 Å². The smallest absolute Gasteiger partial charge is 0.305 e. The van der Waals surface area contributed by atoms with Gasteiger partial charge in [-0.3, -0.25) is 20.4 Å². The monoisotopic (exact) mass is 407 g/mol. The van der Waals surface area contributed by atoms with E-state index in [9.17, 15) is 9.59 Å². The third-order valence-corrected chi connectivity index (χ3v) is 5.43. The fraction of sp³-hybridized carbons (Fsp3) is 0.550. The lowest BCUT2D eigenvalue weighted by Gasteiger charge is -2.35. The zero-order valence-electron chi connectivity index (χ0n) is 16.6. The van der Waals surface area contributed by atoms with Gasteiger partial charge < -0.3 is 14.5 Å². The molecule has 1 fully saturated rings. The molecule has 0 spiro atoms. The van der Waals surface area contributed by atoms with Crippen molar-refractivity contribution in [1.82, 2.24) is 16.2 Å². The number of rotatable bonds is 6. The lowest BCUT2D eigenvalue weighted by molar-refractivity contribution is -0.140. The highest BCUT2D eigenvalue weighted by molar-refractivity contribution is 7.80. The van der Waals surface area contributed by atoms with E-state index in [0.29, 0.717) is 40.9 Å². The molecule has 3 atom stereocenters. The van der Waals surface area contributed by atoms with Gasteiger partial charge in [-0.15, -0.1) is 0 Å². The topological polar surface area (TPSA) is 92.6 Å². The van der Waals surface area contributed by atoms with Gasteiger partial charge in [0.2, 0.25) is 0 Å². The van der Waals surface area contributed by atoms with Crippen LogP contribution in [0.5, 0.6) is 0 Å². The maximum Gasteiger partial charge on any atom is 0.305 e. The summed E-state index contributed by atoms with van der Waals surface area (Å²) in [5.74, 6) is 1.75. The van der Waals surface area contributed by atoms with E-state index in [2.05, 4.69) is 34.8 Å². The first kappa shape index (κ1) is 21.9. The Morgan fingerprint density at radius 3 is 2.82 bits per heavy atom. The molecule has 0 aromatic carbocycles. The molecule has 1 saturated carbocycles. The van der Waals surface area contributed by atoms with E-state index in [1.807, 2.05) is 0 Å². The number of ether oxygens (including phenoxy) is 1. The first-order chi connectivity index (χ1) is 13.4. The van der Waals surface area contributed by atoms with Crippen molar-refractivity contribution in [2.45, 2.75) is 52.0 Å². The SMILES string of the molecule is COC(=O)CCc1ccc(/C=C/C(=O)NNC(=S)N[C@@H]2CCC[C@@H](C)[C@H]2C)o1. The highest BCUT2D eigenvalue weighted by atomic mass is 32.1. The van der Waals surface area contributed by atoms with Crippen molar-refractivity contribution >= 4 is 35.3 Å². The summed E-state index contributed by atoms with van der Waals surface area (Å²) in [5.41, 5.74) is 5.27. The van der Waals surface area contributed by atoms with Crippen molar-refractivity contribution in [3.05, 3.63) is 29.7 Å². The Balaban J connectivity index is 1.72. The number of carbonyl (C=O) groups is 2. The van der Waals surface area contributed by atoms with E-state index >= 15 is 0 Å². The van der Waals surface area contributed by atoms with Crippen LogP contribution in [0.25, 0.3) is 6.08 Å². The van der Waals surface area contributed by atoms with Crippen molar-refractivity contribution in [2.24, 2.45) is 11.8 Å². The van der Waals surface area contributed by atoms with E-state index in [1.54, 1.807) is 18.2 Å². The van der Waals surface area contributed by atoms with Gasteiger partial charge in [0.05, 0.1) is 13.5 Å². The molecule has 0 saturated heterocycles. The van der Waals surface area contributed by atoms with Crippen LogP contribution in [-0.2, 0) is 20.7 Å². The average Bonchev–Trinajstić information content (AvgIpc) is 3.14. The molecule has 1 amide bonds. The highest BCUT2D eigenvalue weighted by Gasteiger charge is 2.27. The largest absolute Gasteiger partial charge is 0.469 e. The third-order valence-electron chi connectivity index (χ3n) is 5.21. The van der Waals surface area contributed by atoms with Crippen LogP contribution in [0, 0.1) is 11.8 Å². The van der Waals surface area contributed by atoms with Crippen LogP contribution in [0.4, 0.5) is 0 Å². The Kier molecular flexibility index (Phi) is 8.50. The molecule has 0 bridgehead atoms. The summed E-state index contributed by atoms with van der Waals surface area (Å²) in [6.45, 7) is 4.49. The lowest BCUT2D eigenvalue weighted by atomic mass is 9.78. The molecule has 1 aromatic heterocycles. The molecule has 1 heterocycles. The number of hydrazine groups is 1. The number of esters is 1. The minimum atomic E-state index is -0.346. The van der Waals surface area contributed by atoms with Gasteiger partial charge in [-0.1, -0.05) is 26.7 Å². The quantitative estimate of drug-likeness (QED) is 0.289. The van der Waals surface area contributed by atoms with Crippen LogP contribution in [0.2, 0.25) is 0 Å². The summed E-state index contributed by atoms with van der Waals surface area (Å²) in [4.78, 5) is 23.1. The van der Waals surface area contributed by atoms with Gasteiger partial charge >= 0.3 is 5.97 Å². The van der Waals surface area contributed by atoms with Crippen LogP contribution in [0.15, 0.2) is 22.6 Å². The predicted molar refractivity (Wildman–Crippen MR) is 111 cm³/mol. The van der Waals surface area contributed by atoms with Gasteiger partial charge in [0.25, 0.3) is 5.91 Å². The maximum atomic E-state index is 11.9. The van der Waals surface area contributed by atoms with E-state index in [-0.39, 0.29) is 18.3 Å². The van der Waals surface area contributed by atoms with Crippen LogP contribution in [0.3, 0.4) is 0 Å². The minimum Gasteiger partial charge on any atom is -0.469 e. The Bertz CT molecular complexity index is 716. The van der Waals surface area contributed by atoms with Gasteiger partial charge in [0.15, 0.2) is 5.11 Å². The fourth-order valence-electron chi connectivity index (χ4n) is 3.25. The molecule has 1 aromatic rings. The van der Waals surface area contributed by atoms with E-state index in [0.717, 1.165) is 6.42 Å². The lowest BCUT2D eigenvalue weighted by Crippen LogP contribution is -2.52. The van der Waals surface area contributed by atoms with Crippen LogP contribution < -0.4 is 16.2 Å². The molecule has 1 aliphatic carbocycles. The molecule has 0 unspecified atom stereocenters. The summed E-state index contributed by atoms with van der Waals surface area (Å²) >= 11 is 5.27. The molecule has 0 radical (unpaired) electrons. The van der Waals surface area contributed by atoms with Gasteiger partial charge in [-0.25, -0.2) is 0 Å². The molecule has 3 N–H and O–H groups in total. The number of aryl methyl sites for hydroxylation is 1. The number of methoxy groups -OCH3 is 1. The van der Waals surface area contributed by atoms with Crippen molar-refractivity contribution < 1.29 is 18.7 Å². The second-order valence-electron chi connectivity index (χ2n) is 7.18. The molecule has 8 heteroatoms. The summed E-state index contributed by atoms with van der Waals surface area (Å²) in [6.07, 6.45) is 7.12. The second-order valence-corrected chi connectivity index (χ2v) is 7.58. The van der Waals surface area contributed by atoms with Gasteiger partial charge in [-0.2, -0.15) is 0 Å². The third kappa shape index (κ3) is 6.99. The number of hydrogen-bond acceptors (Lipinski definition) is 5. The van der Waals surface area contributed by atoms with Crippen molar-refractivity contribution in [3.8, 4) is 0 Å². The fourth-order valence-corrected chi connectivity index (χ4v) is 3.46. The van der Waals surface area contributed by atoms with Crippen LogP contribution in [-0.4, -0.2) is 30.1 Å². The second kappa shape index (κ2) is 10.8. The highest BCUT2D eigenvalue weighted by Crippen LogP contribution is 2.29. The Morgan fingerprint density at radius 1 is 1.29 bits per heavy atom. The first-order valence-corrected chi connectivity index (χ1v) is 10.00. The van der Waals surface area contributed by atoms with Gasteiger partial charge in [0.1, 0.15) is 11.5 Å². The van der Waals surface area contributed by atoms with E-state index in [1.165, 1.54) is 26.0 Å². The number of carbonyl (C=O) groups excluding carboxylic acids is 2. The number of hydrogen-bond donors (Lipinski definition) is 3. The number of thiocarbonyl (C=S) groups is 1. The van der Waals surface area contributed by atoms with Gasteiger partial charge in [-0.05, 0) is 48.7 Å². The van der Waals surface area contributed by atoms with Crippen molar-refractivity contribution in [2.75, 3.05) is 7.11 Å². The Labute approximate surface area is 171 Å². The Morgan fingerprint density at radius 2 is 2.07 bits per heavy atom. The van der Waals surface area contributed by atoms with E-state index < -0.39 is 0 Å². The van der Waals surface area contributed by atoms with E-state index in [4.69, 9.17) is 16.6 Å². The predicted octanol–water partition coefficient (Wildman–Crippen LogP) is 2.72. The molecular formula is C20H29N3O4S. The van der Waals surface area contributed by atoms with Crippen molar-refractivity contribution in [1.29, 1.82) is 0 Å². The number of amides is 1. The summed E-state index contributed by atoms with van der Waals surface area (Å²) in [6, 6.07) is 3.83. The molecule has 28 heavy (non-hydrogen) atoms. The Hall–Kier alpha value is -2.35. The number of furan rings is 1. The normalized spacial score (nSPS) is 21.9. The summed E-state index contributed by atoms with van der Waals surface area (Å²) in [5, 5.41) is 3.70. The zero-order chi connectivity index (χ0) is 20.5. The van der Waals surface area contributed by atoms with Crippen molar-refractivity contribution in [3.63, 3.8) is 0 Å².